The minimum atomic E-state index is -0.670. The van der Waals surface area contributed by atoms with Crippen LogP contribution in [0.4, 0.5) is 0 Å². The molecule has 0 aliphatic heterocycles. The van der Waals surface area contributed by atoms with Crippen LogP contribution in [0.3, 0.4) is 0 Å². The van der Waals surface area contributed by atoms with Crippen LogP contribution in [0.1, 0.15) is 55.2 Å². The van der Waals surface area contributed by atoms with Gasteiger partial charge in [0, 0.05) is 5.41 Å². The van der Waals surface area contributed by atoms with E-state index in [1.54, 1.807) is 0 Å². The number of hydrogen-bond donors (Lipinski definition) is 1. The lowest BCUT2D eigenvalue weighted by Gasteiger charge is -2.37. The Kier molecular flexibility index (Phi) is 3.74. The van der Waals surface area contributed by atoms with E-state index in [2.05, 4.69) is 32.0 Å². The zero-order valence-electron chi connectivity index (χ0n) is 11.3. The van der Waals surface area contributed by atoms with Crippen LogP contribution in [0.5, 0.6) is 0 Å². The van der Waals surface area contributed by atoms with Crippen molar-refractivity contribution < 1.29 is 9.90 Å². The van der Waals surface area contributed by atoms with Gasteiger partial charge in [0.25, 0.3) is 0 Å². The number of hydrogen-bond acceptors (Lipinski definition) is 1. The van der Waals surface area contributed by atoms with E-state index in [0.717, 1.165) is 25.7 Å². The molecule has 1 aliphatic rings. The molecule has 1 aromatic carbocycles. The van der Waals surface area contributed by atoms with E-state index in [0.29, 0.717) is 0 Å². The summed E-state index contributed by atoms with van der Waals surface area (Å²) in [4.78, 5) is 11.2. The minimum absolute atomic E-state index is 0.124. The van der Waals surface area contributed by atoms with E-state index >= 15 is 0 Å². The second-order valence-corrected chi connectivity index (χ2v) is 5.79. The molecule has 0 unspecified atom stereocenters. The standard InChI is InChI=1S/C16H22O2/c1-12-8-13(2)10-14(9-12)16(11-15(17)18)6-4-3-5-7-16/h8-10H,3-7,11H2,1-2H3,(H,17,18). The van der Waals surface area contributed by atoms with Crippen LogP contribution < -0.4 is 0 Å². The van der Waals surface area contributed by atoms with Gasteiger partial charge in [-0.2, -0.15) is 0 Å². The predicted molar refractivity (Wildman–Crippen MR) is 72.9 cm³/mol. The highest BCUT2D eigenvalue weighted by Crippen LogP contribution is 2.42. The summed E-state index contributed by atoms with van der Waals surface area (Å²) in [7, 11) is 0. The van der Waals surface area contributed by atoms with Gasteiger partial charge in [0.05, 0.1) is 6.42 Å². The van der Waals surface area contributed by atoms with Gasteiger partial charge >= 0.3 is 5.97 Å². The molecule has 0 bridgehead atoms. The molecule has 1 N–H and O–H groups in total. The molecule has 1 aromatic rings. The molecule has 0 spiro atoms. The van der Waals surface area contributed by atoms with Crippen LogP contribution in [0, 0.1) is 13.8 Å². The van der Waals surface area contributed by atoms with Gasteiger partial charge in [0.15, 0.2) is 0 Å². The fourth-order valence-electron chi connectivity index (χ4n) is 3.37. The summed E-state index contributed by atoms with van der Waals surface area (Å²) in [5.74, 6) is -0.670. The summed E-state index contributed by atoms with van der Waals surface area (Å²) in [6.07, 6.45) is 5.85. The highest BCUT2D eigenvalue weighted by molar-refractivity contribution is 5.69. The summed E-state index contributed by atoms with van der Waals surface area (Å²) < 4.78 is 0. The molecule has 2 nitrogen and oxygen atoms in total. The first-order chi connectivity index (χ1) is 8.52. The van der Waals surface area contributed by atoms with Crippen LogP contribution >= 0.6 is 0 Å². The van der Waals surface area contributed by atoms with E-state index in [9.17, 15) is 9.90 Å². The van der Waals surface area contributed by atoms with Gasteiger partial charge in [-0.3, -0.25) is 4.79 Å². The maximum absolute atomic E-state index is 11.2. The topological polar surface area (TPSA) is 37.3 Å². The molecular weight excluding hydrogens is 224 g/mol. The third-order valence-electron chi connectivity index (χ3n) is 4.13. The third kappa shape index (κ3) is 2.74. The minimum Gasteiger partial charge on any atom is -0.481 e. The smallest absolute Gasteiger partial charge is 0.304 e. The quantitative estimate of drug-likeness (QED) is 0.875. The number of rotatable bonds is 3. The zero-order valence-corrected chi connectivity index (χ0v) is 11.3. The fourth-order valence-corrected chi connectivity index (χ4v) is 3.37. The van der Waals surface area contributed by atoms with Crippen LogP contribution in [-0.2, 0) is 10.2 Å². The maximum atomic E-state index is 11.2. The summed E-state index contributed by atoms with van der Waals surface area (Å²) in [5.41, 5.74) is 3.59. The van der Waals surface area contributed by atoms with Crippen molar-refractivity contribution in [1.82, 2.24) is 0 Å². The molecule has 1 saturated carbocycles. The lowest BCUT2D eigenvalue weighted by Crippen LogP contribution is -2.32. The second-order valence-electron chi connectivity index (χ2n) is 5.79. The molecule has 0 heterocycles. The number of aliphatic carboxylic acids is 1. The Morgan fingerprint density at radius 1 is 1.11 bits per heavy atom. The van der Waals surface area contributed by atoms with Crippen LogP contribution in [-0.4, -0.2) is 11.1 Å². The predicted octanol–water partition coefficient (Wildman–Crippen LogP) is 3.98. The Morgan fingerprint density at radius 3 is 2.17 bits per heavy atom. The van der Waals surface area contributed by atoms with Crippen molar-refractivity contribution >= 4 is 5.97 Å². The van der Waals surface area contributed by atoms with Crippen molar-refractivity contribution in [3.05, 3.63) is 34.9 Å². The molecule has 0 amide bonds. The summed E-state index contributed by atoms with van der Waals surface area (Å²) in [6.45, 7) is 4.18. The van der Waals surface area contributed by atoms with E-state index in [-0.39, 0.29) is 11.8 Å². The van der Waals surface area contributed by atoms with Crippen LogP contribution in [0.15, 0.2) is 18.2 Å². The SMILES string of the molecule is Cc1cc(C)cc(C2(CC(=O)O)CCCCC2)c1. The summed E-state index contributed by atoms with van der Waals surface area (Å²) in [5, 5.41) is 9.23. The molecule has 98 valence electrons. The normalized spacial score (nSPS) is 18.6. The summed E-state index contributed by atoms with van der Waals surface area (Å²) in [6, 6.07) is 6.52. The lowest BCUT2D eigenvalue weighted by atomic mass is 9.67. The van der Waals surface area contributed by atoms with Gasteiger partial charge < -0.3 is 5.11 Å². The fraction of sp³-hybridized carbons (Fsp3) is 0.562. The van der Waals surface area contributed by atoms with Crippen LogP contribution in [0.2, 0.25) is 0 Å². The molecule has 0 aromatic heterocycles. The van der Waals surface area contributed by atoms with Gasteiger partial charge in [-0.05, 0) is 32.3 Å². The van der Waals surface area contributed by atoms with E-state index in [1.807, 2.05) is 0 Å². The average molecular weight is 246 g/mol. The van der Waals surface area contributed by atoms with Crippen molar-refractivity contribution in [3.8, 4) is 0 Å². The molecule has 1 aliphatic carbocycles. The van der Waals surface area contributed by atoms with Crippen molar-refractivity contribution in [2.45, 2.75) is 57.8 Å². The molecule has 0 saturated heterocycles. The Hall–Kier alpha value is -1.31. The van der Waals surface area contributed by atoms with Crippen molar-refractivity contribution in [2.75, 3.05) is 0 Å². The number of carboxylic acids is 1. The molecule has 18 heavy (non-hydrogen) atoms. The largest absolute Gasteiger partial charge is 0.481 e. The van der Waals surface area contributed by atoms with Crippen molar-refractivity contribution in [1.29, 1.82) is 0 Å². The van der Waals surface area contributed by atoms with E-state index in [4.69, 9.17) is 0 Å². The third-order valence-corrected chi connectivity index (χ3v) is 4.13. The Morgan fingerprint density at radius 2 is 1.67 bits per heavy atom. The maximum Gasteiger partial charge on any atom is 0.304 e. The van der Waals surface area contributed by atoms with Crippen molar-refractivity contribution in [2.24, 2.45) is 0 Å². The molecule has 0 radical (unpaired) electrons. The Labute approximate surface area is 109 Å². The Balaban J connectivity index is 2.41. The monoisotopic (exact) mass is 246 g/mol. The highest BCUT2D eigenvalue weighted by atomic mass is 16.4. The first-order valence-electron chi connectivity index (χ1n) is 6.82. The second kappa shape index (κ2) is 5.13. The molecular formula is C16H22O2. The molecule has 2 heteroatoms. The number of carboxylic acid groups (broad SMARTS) is 1. The number of aryl methyl sites for hydroxylation is 2. The Bertz CT molecular complexity index is 422. The summed E-state index contributed by atoms with van der Waals surface area (Å²) >= 11 is 0. The van der Waals surface area contributed by atoms with Gasteiger partial charge in [-0.15, -0.1) is 0 Å². The highest BCUT2D eigenvalue weighted by Gasteiger charge is 2.36. The van der Waals surface area contributed by atoms with Gasteiger partial charge in [0.2, 0.25) is 0 Å². The van der Waals surface area contributed by atoms with Gasteiger partial charge in [-0.1, -0.05) is 48.6 Å². The van der Waals surface area contributed by atoms with Crippen molar-refractivity contribution in [3.63, 3.8) is 0 Å². The first kappa shape index (κ1) is 13.1. The van der Waals surface area contributed by atoms with Gasteiger partial charge in [0.1, 0.15) is 0 Å². The number of carbonyl (C=O) groups is 1. The molecule has 1 fully saturated rings. The van der Waals surface area contributed by atoms with E-state index in [1.165, 1.54) is 23.1 Å². The zero-order chi connectivity index (χ0) is 13.2. The lowest BCUT2D eigenvalue weighted by molar-refractivity contribution is -0.138. The number of benzene rings is 1. The average Bonchev–Trinajstić information content (AvgIpc) is 2.28. The van der Waals surface area contributed by atoms with Gasteiger partial charge in [-0.25, -0.2) is 0 Å². The van der Waals surface area contributed by atoms with Crippen LogP contribution in [0.25, 0.3) is 0 Å². The van der Waals surface area contributed by atoms with E-state index < -0.39 is 5.97 Å². The molecule has 2 rings (SSSR count). The first-order valence-corrected chi connectivity index (χ1v) is 6.82. The molecule has 0 atom stereocenters.